The van der Waals surface area contributed by atoms with E-state index in [1.54, 1.807) is 18.7 Å². The topological polar surface area (TPSA) is 147 Å². The highest BCUT2D eigenvalue weighted by atomic mass is 19.1. The lowest BCUT2D eigenvalue weighted by Gasteiger charge is -2.41. The van der Waals surface area contributed by atoms with E-state index in [-0.39, 0.29) is 38.2 Å². The summed E-state index contributed by atoms with van der Waals surface area (Å²) in [6.07, 6.45) is -0.200. The van der Waals surface area contributed by atoms with Crippen LogP contribution in [0, 0.1) is 11.6 Å². The Bertz CT molecular complexity index is 1620. The fourth-order valence-corrected chi connectivity index (χ4v) is 5.75. The Morgan fingerprint density at radius 2 is 1.98 bits per heavy atom. The lowest BCUT2D eigenvalue weighted by atomic mass is 9.85. The monoisotopic (exact) mass is 634 g/mol. The van der Waals surface area contributed by atoms with Crippen molar-refractivity contribution in [3.8, 4) is 5.75 Å². The number of nitrogens with zero attached hydrogens (tertiary/aromatic N) is 3. The van der Waals surface area contributed by atoms with Crippen molar-refractivity contribution >= 4 is 23.9 Å². The summed E-state index contributed by atoms with van der Waals surface area (Å²) in [4.78, 5) is 61.7. The van der Waals surface area contributed by atoms with E-state index in [2.05, 4.69) is 10.5 Å². The van der Waals surface area contributed by atoms with Crippen molar-refractivity contribution < 1.29 is 48.4 Å². The number of methoxy groups -OCH3 is 2. The van der Waals surface area contributed by atoms with Crippen molar-refractivity contribution in [1.29, 1.82) is 0 Å². The molecule has 244 valence electrons. The SMILES string of the molecule is COC1=NO[C@@]2(CC[C@H](C)N3C[C@H]2n2cc(C(=O)NCc4ccc(F)cc4F)c(=O)c(OC(=O)OC(C)C(C)OC)c2C3=O)C1.[HH]. The molecule has 1 N–H and O–H groups in total. The molecule has 2 unspecified atom stereocenters. The van der Waals surface area contributed by atoms with Gasteiger partial charge in [-0.3, -0.25) is 14.4 Å². The van der Waals surface area contributed by atoms with Crippen molar-refractivity contribution in [2.75, 3.05) is 20.8 Å². The molecule has 1 fully saturated rings. The first-order valence-corrected chi connectivity index (χ1v) is 14.4. The molecule has 2 aromatic rings. The summed E-state index contributed by atoms with van der Waals surface area (Å²) < 4.78 is 50.3. The molecule has 3 aliphatic rings. The molecule has 0 saturated carbocycles. The second-order valence-electron chi connectivity index (χ2n) is 11.4. The number of hydrogen-bond acceptors (Lipinski definition) is 10. The number of oxime groups is 1. The lowest BCUT2D eigenvalue weighted by Crippen LogP contribution is -2.52. The van der Waals surface area contributed by atoms with Gasteiger partial charge in [-0.25, -0.2) is 13.6 Å². The highest BCUT2D eigenvalue weighted by molar-refractivity contribution is 6.00. The number of ether oxygens (including phenoxy) is 4. The van der Waals surface area contributed by atoms with Gasteiger partial charge in [-0.05, 0) is 39.7 Å². The van der Waals surface area contributed by atoms with E-state index in [4.69, 9.17) is 23.8 Å². The van der Waals surface area contributed by atoms with Crippen LogP contribution < -0.4 is 15.5 Å². The zero-order chi connectivity index (χ0) is 32.6. The summed E-state index contributed by atoms with van der Waals surface area (Å²) in [5, 5.41) is 6.52. The molecule has 2 bridgehead atoms. The molecule has 13 nitrogen and oxygen atoms in total. The van der Waals surface area contributed by atoms with Gasteiger partial charge in [0.2, 0.25) is 17.1 Å². The van der Waals surface area contributed by atoms with Gasteiger partial charge in [0, 0.05) is 45.5 Å². The number of aromatic nitrogens is 1. The van der Waals surface area contributed by atoms with Gasteiger partial charge in [0.15, 0.2) is 11.3 Å². The van der Waals surface area contributed by atoms with Crippen LogP contribution in [0.25, 0.3) is 0 Å². The summed E-state index contributed by atoms with van der Waals surface area (Å²) >= 11 is 0. The van der Waals surface area contributed by atoms with Crippen molar-refractivity contribution in [1.82, 2.24) is 14.8 Å². The quantitative estimate of drug-likeness (QED) is 0.452. The maximum absolute atomic E-state index is 14.3. The second kappa shape index (κ2) is 12.5. The minimum atomic E-state index is -1.29. The van der Waals surface area contributed by atoms with Gasteiger partial charge >= 0.3 is 6.16 Å². The smallest absolute Gasteiger partial charge is 0.482 e. The second-order valence-corrected chi connectivity index (χ2v) is 11.4. The van der Waals surface area contributed by atoms with E-state index in [0.717, 1.165) is 12.1 Å². The van der Waals surface area contributed by atoms with Crippen LogP contribution in [-0.4, -0.2) is 77.9 Å². The van der Waals surface area contributed by atoms with E-state index in [1.165, 1.54) is 25.0 Å². The van der Waals surface area contributed by atoms with Crippen LogP contribution in [0.5, 0.6) is 5.75 Å². The van der Waals surface area contributed by atoms with Gasteiger partial charge < -0.3 is 38.6 Å². The highest BCUT2D eigenvalue weighted by Gasteiger charge is 2.55. The molecule has 2 amide bonds. The molecule has 5 rings (SSSR count). The molecule has 4 heterocycles. The Balaban J connectivity index is 0.00000480. The van der Waals surface area contributed by atoms with E-state index in [1.807, 2.05) is 6.92 Å². The Hall–Kier alpha value is -4.53. The zero-order valence-corrected chi connectivity index (χ0v) is 25.4. The molecule has 1 aromatic heterocycles. The number of hydrogen-bond donors (Lipinski definition) is 1. The molecule has 3 aliphatic heterocycles. The fourth-order valence-electron chi connectivity index (χ4n) is 5.75. The Morgan fingerprint density at radius 3 is 2.64 bits per heavy atom. The molecular weight excluding hydrogens is 598 g/mol. The minimum absolute atomic E-state index is 0. The molecule has 15 heteroatoms. The third-order valence-electron chi connectivity index (χ3n) is 8.70. The van der Waals surface area contributed by atoms with Gasteiger partial charge in [-0.2, -0.15) is 0 Å². The van der Waals surface area contributed by atoms with Gasteiger partial charge in [0.05, 0.1) is 25.7 Å². The van der Waals surface area contributed by atoms with Crippen molar-refractivity contribution in [3.05, 3.63) is 63.1 Å². The normalized spacial score (nSPS) is 23.3. The fraction of sp³-hybridized carbons (Fsp3) is 0.500. The third kappa shape index (κ3) is 5.95. The molecule has 1 saturated heterocycles. The Labute approximate surface area is 258 Å². The van der Waals surface area contributed by atoms with Crippen LogP contribution in [0.2, 0.25) is 0 Å². The van der Waals surface area contributed by atoms with Gasteiger partial charge in [0.1, 0.15) is 23.3 Å². The third-order valence-corrected chi connectivity index (χ3v) is 8.70. The predicted octanol–water partition coefficient (Wildman–Crippen LogP) is 3.54. The number of nitrogens with one attached hydrogen (secondary N) is 1. The van der Waals surface area contributed by atoms with Crippen LogP contribution in [0.3, 0.4) is 0 Å². The summed E-state index contributed by atoms with van der Waals surface area (Å²) in [5.41, 5.74) is -2.90. The number of benzene rings is 1. The largest absolute Gasteiger partial charge is 0.514 e. The molecule has 0 radical (unpaired) electrons. The highest BCUT2D eigenvalue weighted by Crippen LogP contribution is 2.46. The summed E-state index contributed by atoms with van der Waals surface area (Å²) in [6.45, 7) is 4.81. The van der Waals surface area contributed by atoms with Crippen LogP contribution in [0.4, 0.5) is 13.6 Å². The molecule has 5 atom stereocenters. The first-order chi connectivity index (χ1) is 21.4. The number of rotatable bonds is 7. The maximum atomic E-state index is 14.3. The number of pyridine rings is 1. The molecular formula is C30H36F2N4O9. The summed E-state index contributed by atoms with van der Waals surface area (Å²) in [6, 6.07) is 1.88. The van der Waals surface area contributed by atoms with Crippen molar-refractivity contribution in [3.63, 3.8) is 0 Å². The number of carbonyl (C=O) groups is 3. The maximum Gasteiger partial charge on any atom is 0.514 e. The van der Waals surface area contributed by atoms with E-state index in [9.17, 15) is 28.0 Å². The Morgan fingerprint density at radius 1 is 1.22 bits per heavy atom. The van der Waals surface area contributed by atoms with Crippen molar-refractivity contribution in [2.24, 2.45) is 5.16 Å². The molecule has 45 heavy (non-hydrogen) atoms. The lowest BCUT2D eigenvalue weighted by molar-refractivity contribution is -0.0656. The predicted molar refractivity (Wildman–Crippen MR) is 155 cm³/mol. The van der Waals surface area contributed by atoms with Crippen LogP contribution >= 0.6 is 0 Å². The van der Waals surface area contributed by atoms with E-state index < -0.39 is 70.2 Å². The molecule has 1 spiro atoms. The summed E-state index contributed by atoms with van der Waals surface area (Å²) in [5.74, 6) is -3.62. The first kappa shape index (κ1) is 31.9. The van der Waals surface area contributed by atoms with Crippen LogP contribution in [-0.2, 0) is 25.6 Å². The number of carbonyl (C=O) groups excluding carboxylic acids is 3. The van der Waals surface area contributed by atoms with Gasteiger partial charge in [-0.1, -0.05) is 11.2 Å². The van der Waals surface area contributed by atoms with Crippen LogP contribution in [0.1, 0.15) is 73.9 Å². The first-order valence-electron chi connectivity index (χ1n) is 14.4. The average molecular weight is 635 g/mol. The standard InChI is InChI=1S/C30H34F2N4O9.H2/c1-15-8-9-30(11-23(42-5)34-45-30)22-14-35(15)28(39)24-26(44-29(40)43-17(3)16(2)41-4)25(37)20(13-36(22)24)27(38)33-12-18-6-7-19(31)10-21(18)32;/h6-7,10,13,15-17,22H,8-9,11-12,14H2,1-5H3,(H,33,38);1H/t15-,16?,17?,22+,30-;/m0./s1. The number of fused-ring (bicyclic) bond motifs is 5. The van der Waals surface area contributed by atoms with Crippen molar-refractivity contribution in [2.45, 2.75) is 76.5 Å². The van der Waals surface area contributed by atoms with Crippen LogP contribution in [0.15, 0.2) is 34.3 Å². The summed E-state index contributed by atoms with van der Waals surface area (Å²) in [7, 11) is 2.88. The Kier molecular flexibility index (Phi) is 8.83. The average Bonchev–Trinajstić information content (AvgIpc) is 3.39. The zero-order valence-electron chi connectivity index (χ0n) is 25.4. The van der Waals surface area contributed by atoms with E-state index in [0.29, 0.717) is 24.8 Å². The minimum Gasteiger partial charge on any atom is -0.482 e. The number of amides is 2. The van der Waals surface area contributed by atoms with Gasteiger partial charge in [-0.15, -0.1) is 0 Å². The molecule has 1 aromatic carbocycles. The number of halogens is 2. The molecule has 0 aliphatic carbocycles. The van der Waals surface area contributed by atoms with Gasteiger partial charge in [0.25, 0.3) is 11.8 Å². The van der Waals surface area contributed by atoms with E-state index >= 15 is 0 Å².